The summed E-state index contributed by atoms with van der Waals surface area (Å²) in [6.07, 6.45) is 2.56. The lowest BCUT2D eigenvalue weighted by Gasteiger charge is -2.29. The first-order valence-corrected chi connectivity index (χ1v) is 8.13. The molecule has 0 amide bonds. The molecule has 1 saturated heterocycles. The summed E-state index contributed by atoms with van der Waals surface area (Å²) in [5, 5.41) is 3.09. The van der Waals surface area contributed by atoms with Crippen molar-refractivity contribution in [3.8, 4) is 11.5 Å². The maximum absolute atomic E-state index is 5.95. The summed E-state index contributed by atoms with van der Waals surface area (Å²) in [5.74, 6) is 2.62. The average Bonchev–Trinajstić information content (AvgIpc) is 2.56. The topological polar surface area (TPSA) is 72.1 Å². The van der Waals surface area contributed by atoms with E-state index in [9.17, 15) is 0 Å². The summed E-state index contributed by atoms with van der Waals surface area (Å²) in [6.45, 7) is 6.32. The average molecular weight is 448 g/mol. The number of aliphatic imine (C=N–C) groups is 1. The standard InChI is InChI=1S/C17H28N4O2.HI/c1-13-6-9-21(10-7-13)11-8-19-17(18)20-14-4-5-15(22-2)16(12-14)23-3;/h4-5,12-13H,6-11H2,1-3H3,(H3,18,19,20);1H. The number of methoxy groups -OCH3 is 2. The van der Waals surface area contributed by atoms with Gasteiger partial charge in [0.15, 0.2) is 17.5 Å². The molecule has 0 radical (unpaired) electrons. The van der Waals surface area contributed by atoms with Crippen molar-refractivity contribution in [2.45, 2.75) is 19.8 Å². The number of anilines is 1. The fourth-order valence-electron chi connectivity index (χ4n) is 2.70. The molecule has 6 nitrogen and oxygen atoms in total. The highest BCUT2D eigenvalue weighted by atomic mass is 127. The van der Waals surface area contributed by atoms with Gasteiger partial charge in [-0.1, -0.05) is 6.92 Å². The van der Waals surface area contributed by atoms with Crippen LogP contribution in [0.2, 0.25) is 0 Å². The lowest BCUT2D eigenvalue weighted by Crippen LogP contribution is -2.35. The van der Waals surface area contributed by atoms with Crippen LogP contribution >= 0.6 is 24.0 Å². The second kappa shape index (κ2) is 10.6. The molecule has 1 aromatic carbocycles. The third-order valence-corrected chi connectivity index (χ3v) is 4.23. The molecule has 1 heterocycles. The number of piperidine rings is 1. The van der Waals surface area contributed by atoms with E-state index in [4.69, 9.17) is 15.2 Å². The first-order chi connectivity index (χ1) is 11.1. The molecule has 1 fully saturated rings. The molecular weight excluding hydrogens is 419 g/mol. The smallest absolute Gasteiger partial charge is 0.193 e. The molecule has 136 valence electrons. The van der Waals surface area contributed by atoms with Gasteiger partial charge in [0.1, 0.15) is 0 Å². The zero-order chi connectivity index (χ0) is 16.7. The van der Waals surface area contributed by atoms with Crippen LogP contribution < -0.4 is 20.5 Å². The SMILES string of the molecule is COc1ccc(NC(N)=NCCN2CCC(C)CC2)cc1OC.I. The molecule has 1 aliphatic heterocycles. The molecule has 3 N–H and O–H groups in total. The fraction of sp³-hybridized carbons (Fsp3) is 0.588. The monoisotopic (exact) mass is 448 g/mol. The molecule has 1 aliphatic rings. The summed E-state index contributed by atoms with van der Waals surface area (Å²) in [6, 6.07) is 5.56. The number of benzene rings is 1. The van der Waals surface area contributed by atoms with E-state index in [1.807, 2.05) is 18.2 Å². The number of guanidine groups is 1. The summed E-state index contributed by atoms with van der Waals surface area (Å²) in [7, 11) is 3.22. The van der Waals surface area contributed by atoms with Crippen LogP contribution in [-0.2, 0) is 0 Å². The van der Waals surface area contributed by atoms with Gasteiger partial charge in [0.2, 0.25) is 0 Å². The van der Waals surface area contributed by atoms with Crippen molar-refractivity contribution < 1.29 is 9.47 Å². The highest BCUT2D eigenvalue weighted by Gasteiger charge is 2.14. The Labute approximate surface area is 161 Å². The molecule has 0 aliphatic carbocycles. The van der Waals surface area contributed by atoms with Crippen LogP contribution in [0.4, 0.5) is 5.69 Å². The van der Waals surface area contributed by atoms with E-state index in [-0.39, 0.29) is 24.0 Å². The van der Waals surface area contributed by atoms with Crippen molar-refractivity contribution in [3.63, 3.8) is 0 Å². The molecule has 0 aromatic heterocycles. The number of likely N-dealkylation sites (tertiary alicyclic amines) is 1. The molecule has 7 heteroatoms. The Morgan fingerprint density at radius 1 is 1.25 bits per heavy atom. The Balaban J connectivity index is 0.00000288. The number of halogens is 1. The van der Waals surface area contributed by atoms with Crippen LogP contribution in [-0.4, -0.2) is 51.3 Å². The molecule has 1 aromatic rings. The lowest BCUT2D eigenvalue weighted by atomic mass is 9.99. The van der Waals surface area contributed by atoms with Crippen molar-refractivity contribution in [1.29, 1.82) is 0 Å². The van der Waals surface area contributed by atoms with Gasteiger partial charge >= 0.3 is 0 Å². The maximum atomic E-state index is 5.95. The van der Waals surface area contributed by atoms with E-state index in [0.717, 1.165) is 18.2 Å². The van der Waals surface area contributed by atoms with E-state index in [1.165, 1.54) is 25.9 Å². The van der Waals surface area contributed by atoms with Gasteiger partial charge in [-0.05, 0) is 44.0 Å². The van der Waals surface area contributed by atoms with Crippen LogP contribution in [0.5, 0.6) is 11.5 Å². The van der Waals surface area contributed by atoms with Gasteiger partial charge in [-0.3, -0.25) is 4.99 Å². The van der Waals surface area contributed by atoms with Gasteiger partial charge in [-0.2, -0.15) is 0 Å². The molecular formula is C17H29IN4O2. The molecule has 2 rings (SSSR count). The van der Waals surface area contributed by atoms with E-state index in [2.05, 4.69) is 22.1 Å². The van der Waals surface area contributed by atoms with Gasteiger partial charge < -0.3 is 25.4 Å². The second-order valence-corrected chi connectivity index (χ2v) is 5.99. The van der Waals surface area contributed by atoms with Crippen molar-refractivity contribution in [2.24, 2.45) is 16.6 Å². The second-order valence-electron chi connectivity index (χ2n) is 5.99. The van der Waals surface area contributed by atoms with Gasteiger partial charge in [0.05, 0.1) is 20.8 Å². The largest absolute Gasteiger partial charge is 0.493 e. The summed E-state index contributed by atoms with van der Waals surface area (Å²) < 4.78 is 10.5. The van der Waals surface area contributed by atoms with E-state index >= 15 is 0 Å². The van der Waals surface area contributed by atoms with Crippen LogP contribution in [0.25, 0.3) is 0 Å². The summed E-state index contributed by atoms with van der Waals surface area (Å²) >= 11 is 0. The molecule has 24 heavy (non-hydrogen) atoms. The molecule has 0 unspecified atom stereocenters. The highest BCUT2D eigenvalue weighted by Crippen LogP contribution is 2.29. The quantitative estimate of drug-likeness (QED) is 0.398. The number of nitrogens with two attached hydrogens (primary N) is 1. The Morgan fingerprint density at radius 2 is 1.92 bits per heavy atom. The zero-order valence-electron chi connectivity index (χ0n) is 14.7. The maximum Gasteiger partial charge on any atom is 0.193 e. The first kappa shape index (κ1) is 20.8. The predicted octanol–water partition coefficient (Wildman–Crippen LogP) is 2.78. The molecule has 0 saturated carbocycles. The summed E-state index contributed by atoms with van der Waals surface area (Å²) in [4.78, 5) is 6.85. The van der Waals surface area contributed by atoms with Crippen LogP contribution in [0.15, 0.2) is 23.2 Å². The van der Waals surface area contributed by atoms with E-state index < -0.39 is 0 Å². The number of nitrogens with one attached hydrogen (secondary N) is 1. The Hall–Kier alpha value is -1.22. The Kier molecular flexibility index (Phi) is 9.20. The summed E-state index contributed by atoms with van der Waals surface area (Å²) in [5.41, 5.74) is 6.78. The molecule has 0 atom stereocenters. The molecule has 0 bridgehead atoms. The van der Waals surface area contributed by atoms with Gasteiger partial charge in [-0.15, -0.1) is 24.0 Å². The van der Waals surface area contributed by atoms with Crippen molar-refractivity contribution in [1.82, 2.24) is 4.90 Å². The highest BCUT2D eigenvalue weighted by molar-refractivity contribution is 14.0. The third kappa shape index (κ3) is 6.35. The third-order valence-electron chi connectivity index (χ3n) is 4.23. The zero-order valence-corrected chi connectivity index (χ0v) is 17.1. The van der Waals surface area contributed by atoms with Crippen molar-refractivity contribution in [3.05, 3.63) is 18.2 Å². The van der Waals surface area contributed by atoms with Gasteiger partial charge in [-0.25, -0.2) is 0 Å². The normalized spacial score (nSPS) is 16.4. The van der Waals surface area contributed by atoms with Crippen molar-refractivity contribution in [2.75, 3.05) is 45.7 Å². The Morgan fingerprint density at radius 3 is 2.54 bits per heavy atom. The Bertz CT molecular complexity index is 531. The van der Waals surface area contributed by atoms with E-state index in [0.29, 0.717) is 24.0 Å². The lowest BCUT2D eigenvalue weighted by molar-refractivity contribution is 0.197. The van der Waals surface area contributed by atoms with Gasteiger partial charge in [0, 0.05) is 18.3 Å². The van der Waals surface area contributed by atoms with Crippen LogP contribution in [0, 0.1) is 5.92 Å². The predicted molar refractivity (Wildman–Crippen MR) is 110 cm³/mol. The van der Waals surface area contributed by atoms with Crippen LogP contribution in [0.1, 0.15) is 19.8 Å². The first-order valence-electron chi connectivity index (χ1n) is 8.13. The number of hydrogen-bond acceptors (Lipinski definition) is 4. The van der Waals surface area contributed by atoms with E-state index in [1.54, 1.807) is 14.2 Å². The fourth-order valence-corrected chi connectivity index (χ4v) is 2.70. The number of rotatable bonds is 6. The van der Waals surface area contributed by atoms with Crippen molar-refractivity contribution >= 4 is 35.6 Å². The number of nitrogens with zero attached hydrogens (tertiary/aromatic N) is 2. The number of hydrogen-bond donors (Lipinski definition) is 2. The number of ether oxygens (including phenoxy) is 2. The van der Waals surface area contributed by atoms with Crippen LogP contribution in [0.3, 0.4) is 0 Å². The van der Waals surface area contributed by atoms with Gasteiger partial charge in [0.25, 0.3) is 0 Å². The minimum atomic E-state index is 0. The molecule has 0 spiro atoms. The minimum Gasteiger partial charge on any atom is -0.493 e. The minimum absolute atomic E-state index is 0.